The number of ketones is 1. The lowest BCUT2D eigenvalue weighted by Crippen LogP contribution is -2.09. The van der Waals surface area contributed by atoms with Crippen LogP contribution < -0.4 is 5.43 Å². The van der Waals surface area contributed by atoms with Gasteiger partial charge in [0.25, 0.3) is 0 Å². The summed E-state index contributed by atoms with van der Waals surface area (Å²) in [5, 5.41) is 10.1. The van der Waals surface area contributed by atoms with Crippen LogP contribution in [-0.4, -0.2) is 10.9 Å². The fourth-order valence-corrected chi connectivity index (χ4v) is 2.01. The molecule has 1 aromatic heterocycles. The number of hydrogen-bond donors (Lipinski definition) is 1. The van der Waals surface area contributed by atoms with Crippen LogP contribution in [0.3, 0.4) is 0 Å². The van der Waals surface area contributed by atoms with E-state index in [1.807, 2.05) is 0 Å². The first-order valence-corrected chi connectivity index (χ1v) is 6.06. The molecule has 0 aliphatic heterocycles. The maximum atomic E-state index is 12.3. The number of phenolic OH excluding ortho intramolecular Hbond substituents is 1. The molecule has 0 amide bonds. The lowest BCUT2D eigenvalue weighted by Gasteiger charge is -2.07. The molecule has 102 valence electrons. The largest absolute Gasteiger partial charge is 0.507 e. The zero-order valence-electron chi connectivity index (χ0n) is 11.3. The van der Waals surface area contributed by atoms with E-state index in [0.717, 1.165) is 0 Å². The first-order chi connectivity index (χ1) is 9.47. The number of hydrogen-bond acceptors (Lipinski definition) is 4. The minimum Gasteiger partial charge on any atom is -0.507 e. The number of aromatic hydroxyl groups is 1. The van der Waals surface area contributed by atoms with Crippen molar-refractivity contribution in [2.24, 2.45) is 0 Å². The molecule has 0 fully saturated rings. The number of carbonyl (C=O) groups excluding carboxylic acids is 1. The van der Waals surface area contributed by atoms with E-state index in [2.05, 4.69) is 6.58 Å². The second-order valence-corrected chi connectivity index (χ2v) is 4.41. The van der Waals surface area contributed by atoms with E-state index in [-0.39, 0.29) is 33.5 Å². The van der Waals surface area contributed by atoms with Gasteiger partial charge in [0, 0.05) is 5.56 Å². The highest BCUT2D eigenvalue weighted by atomic mass is 16.3. The summed E-state index contributed by atoms with van der Waals surface area (Å²) in [5.74, 6) is -0.218. The van der Waals surface area contributed by atoms with Crippen molar-refractivity contribution in [1.29, 1.82) is 0 Å². The fraction of sp³-hybridized carbons (Fsp3) is 0.125. The molecular weight excluding hydrogens is 256 g/mol. The van der Waals surface area contributed by atoms with Crippen molar-refractivity contribution in [3.63, 3.8) is 0 Å². The molecule has 0 unspecified atom stereocenters. The molecule has 2 aromatic rings. The highest BCUT2D eigenvalue weighted by molar-refractivity contribution is 6.07. The smallest absolute Gasteiger partial charge is 0.196 e. The average molecular weight is 270 g/mol. The lowest BCUT2D eigenvalue weighted by atomic mass is 10.0. The zero-order chi connectivity index (χ0) is 14.9. The molecule has 0 spiro atoms. The fourth-order valence-electron chi connectivity index (χ4n) is 2.01. The van der Waals surface area contributed by atoms with Crippen LogP contribution in [-0.2, 0) is 0 Å². The molecule has 0 radical (unpaired) electrons. The molecule has 0 bridgehead atoms. The quantitative estimate of drug-likeness (QED) is 0.687. The number of rotatable bonds is 3. The summed E-state index contributed by atoms with van der Waals surface area (Å²) in [6.07, 6.45) is 4.78. The van der Waals surface area contributed by atoms with E-state index in [9.17, 15) is 14.7 Å². The molecule has 1 N–H and O–H groups in total. The van der Waals surface area contributed by atoms with Crippen LogP contribution in [0.2, 0.25) is 0 Å². The third-order valence-corrected chi connectivity index (χ3v) is 3.04. The van der Waals surface area contributed by atoms with Crippen molar-refractivity contribution in [2.75, 3.05) is 0 Å². The minimum absolute atomic E-state index is 0.0212. The van der Waals surface area contributed by atoms with Crippen LogP contribution in [0.4, 0.5) is 0 Å². The Labute approximate surface area is 115 Å². The van der Waals surface area contributed by atoms with E-state index in [1.165, 1.54) is 19.1 Å². The van der Waals surface area contributed by atoms with Gasteiger partial charge in [0.05, 0.1) is 5.39 Å². The predicted octanol–water partition coefficient (Wildman–Crippen LogP) is 3.21. The number of allylic oxidation sites excluding steroid dienone is 2. The Morgan fingerprint density at radius 3 is 2.70 bits per heavy atom. The normalized spacial score (nSPS) is 11.1. The summed E-state index contributed by atoms with van der Waals surface area (Å²) < 4.78 is 5.63. The highest BCUT2D eigenvalue weighted by Crippen LogP contribution is 2.28. The average Bonchev–Trinajstić information content (AvgIpc) is 2.40. The van der Waals surface area contributed by atoms with Crippen LogP contribution in [0.1, 0.15) is 28.6 Å². The summed E-state index contributed by atoms with van der Waals surface area (Å²) in [6.45, 7) is 6.51. The number of benzene rings is 1. The highest BCUT2D eigenvalue weighted by Gasteiger charge is 2.18. The molecule has 2 rings (SSSR count). The van der Waals surface area contributed by atoms with Gasteiger partial charge < -0.3 is 9.52 Å². The standard InChI is InChI=1S/C16H14O4/c1-4-5-6-13-9(2)15(19)11-7-8-12(18)14(10(3)17)16(11)20-13/h4-8,18H,1H2,2-3H3/b6-5+. The Morgan fingerprint density at radius 2 is 2.10 bits per heavy atom. The van der Waals surface area contributed by atoms with Gasteiger partial charge in [0.2, 0.25) is 0 Å². The summed E-state index contributed by atoms with van der Waals surface area (Å²) in [7, 11) is 0. The van der Waals surface area contributed by atoms with Gasteiger partial charge in [-0.2, -0.15) is 0 Å². The van der Waals surface area contributed by atoms with Crippen molar-refractivity contribution >= 4 is 22.8 Å². The van der Waals surface area contributed by atoms with Crippen LogP contribution in [0.15, 0.2) is 40.1 Å². The zero-order valence-corrected chi connectivity index (χ0v) is 11.3. The van der Waals surface area contributed by atoms with Gasteiger partial charge in [-0.3, -0.25) is 9.59 Å². The van der Waals surface area contributed by atoms with Crippen LogP contribution >= 0.6 is 0 Å². The Bertz CT molecular complexity index is 794. The molecule has 0 aliphatic carbocycles. The molecule has 0 saturated carbocycles. The lowest BCUT2D eigenvalue weighted by molar-refractivity contribution is 0.101. The van der Waals surface area contributed by atoms with E-state index in [4.69, 9.17) is 4.42 Å². The number of fused-ring (bicyclic) bond motifs is 1. The second-order valence-electron chi connectivity index (χ2n) is 4.41. The van der Waals surface area contributed by atoms with Crippen molar-refractivity contribution < 1.29 is 14.3 Å². The third kappa shape index (κ3) is 2.16. The molecule has 0 saturated heterocycles. The Kier molecular flexibility index (Phi) is 3.57. The Hall–Kier alpha value is -2.62. The summed E-state index contributed by atoms with van der Waals surface area (Å²) >= 11 is 0. The van der Waals surface area contributed by atoms with Crippen molar-refractivity contribution in [1.82, 2.24) is 0 Å². The molecule has 4 heteroatoms. The van der Waals surface area contributed by atoms with Crippen LogP contribution in [0.25, 0.3) is 17.0 Å². The van der Waals surface area contributed by atoms with Gasteiger partial charge in [-0.15, -0.1) is 0 Å². The topological polar surface area (TPSA) is 67.5 Å². The summed E-state index contributed by atoms with van der Waals surface area (Å²) in [4.78, 5) is 23.9. The van der Waals surface area contributed by atoms with E-state index < -0.39 is 0 Å². The molecule has 4 nitrogen and oxygen atoms in total. The van der Waals surface area contributed by atoms with E-state index >= 15 is 0 Å². The molecule has 1 aromatic carbocycles. The minimum atomic E-state index is -0.362. The van der Waals surface area contributed by atoms with Gasteiger partial charge in [0.15, 0.2) is 16.8 Å². The van der Waals surface area contributed by atoms with Gasteiger partial charge in [0.1, 0.15) is 17.1 Å². The number of phenols is 1. The number of carbonyl (C=O) groups is 1. The molecule has 20 heavy (non-hydrogen) atoms. The van der Waals surface area contributed by atoms with Crippen LogP contribution in [0, 0.1) is 6.92 Å². The Balaban J connectivity index is 2.95. The molecular formula is C16H14O4. The van der Waals surface area contributed by atoms with Crippen molar-refractivity contribution in [3.05, 3.63) is 58.0 Å². The van der Waals surface area contributed by atoms with E-state index in [1.54, 1.807) is 25.2 Å². The first-order valence-electron chi connectivity index (χ1n) is 6.06. The predicted molar refractivity (Wildman–Crippen MR) is 78.1 cm³/mol. The Morgan fingerprint density at radius 1 is 1.40 bits per heavy atom. The van der Waals surface area contributed by atoms with Crippen LogP contribution in [0.5, 0.6) is 5.75 Å². The monoisotopic (exact) mass is 270 g/mol. The van der Waals surface area contributed by atoms with Gasteiger partial charge in [-0.05, 0) is 32.1 Å². The molecule has 0 aliphatic rings. The summed E-state index contributed by atoms with van der Waals surface area (Å²) in [5.41, 5.74) is 0.345. The molecule has 0 atom stereocenters. The maximum absolute atomic E-state index is 12.3. The third-order valence-electron chi connectivity index (χ3n) is 3.04. The van der Waals surface area contributed by atoms with Crippen molar-refractivity contribution in [2.45, 2.75) is 13.8 Å². The first kappa shape index (κ1) is 13.8. The van der Waals surface area contributed by atoms with Gasteiger partial charge in [-0.25, -0.2) is 0 Å². The van der Waals surface area contributed by atoms with Gasteiger partial charge in [-0.1, -0.05) is 18.7 Å². The van der Waals surface area contributed by atoms with E-state index in [0.29, 0.717) is 11.3 Å². The summed E-state index contributed by atoms with van der Waals surface area (Å²) in [6, 6.07) is 2.78. The number of Topliss-reactive ketones (excluding diaryl/α,β-unsaturated/α-hetero) is 1. The molecule has 1 heterocycles. The van der Waals surface area contributed by atoms with Gasteiger partial charge >= 0.3 is 0 Å². The maximum Gasteiger partial charge on any atom is 0.196 e. The van der Waals surface area contributed by atoms with Crippen molar-refractivity contribution in [3.8, 4) is 5.75 Å². The SMILES string of the molecule is C=C/C=C/c1oc2c(C(C)=O)c(O)ccc2c(=O)c1C. The second kappa shape index (κ2) is 5.17.